The maximum Gasteiger partial charge on any atom is 0.490 e. The third-order valence-electron chi connectivity index (χ3n) is 7.89. The van der Waals surface area contributed by atoms with Gasteiger partial charge in [0.1, 0.15) is 24.3 Å². The summed E-state index contributed by atoms with van der Waals surface area (Å²) < 4.78 is 68.4. The molecule has 0 saturated carbocycles. The van der Waals surface area contributed by atoms with Crippen molar-refractivity contribution in [2.45, 2.75) is 31.5 Å². The van der Waals surface area contributed by atoms with Gasteiger partial charge in [-0.05, 0) is 52.7 Å². The lowest BCUT2D eigenvalue weighted by molar-refractivity contribution is -0.0511. The molecule has 6 unspecified atom stereocenters. The van der Waals surface area contributed by atoms with Gasteiger partial charge in [-0.2, -0.15) is 13.6 Å². The SMILES string of the molecule is O=C(Nc1ccn(C2CC(OC(=O)c3ccccc3)C(COP(=O)(O)OP(=O)(O)OP(=O)(O)OCc3ccc4ccccc4c3)O2)c(=O)n1)c1ccccc1. The number of nitrogens with one attached hydrogen (secondary N) is 1. The fourth-order valence-corrected chi connectivity index (χ4v) is 8.88. The van der Waals surface area contributed by atoms with Crippen molar-refractivity contribution in [3.63, 3.8) is 0 Å². The minimum atomic E-state index is -5.82. The molecule has 1 aliphatic heterocycles. The lowest BCUT2D eigenvalue weighted by Crippen LogP contribution is -2.31. The molecule has 1 aliphatic rings. The van der Waals surface area contributed by atoms with Crippen LogP contribution in [0.5, 0.6) is 0 Å². The fourth-order valence-electron chi connectivity index (χ4n) is 5.38. The zero-order valence-electron chi connectivity index (χ0n) is 28.3. The number of fused-ring (bicyclic) bond motifs is 1. The Morgan fingerprint density at radius 1 is 0.782 bits per heavy atom. The molecule has 55 heavy (non-hydrogen) atoms. The number of phosphoric acid groups is 3. The first kappa shape index (κ1) is 40.0. The van der Waals surface area contributed by atoms with Gasteiger partial charge in [-0.25, -0.2) is 23.3 Å². The van der Waals surface area contributed by atoms with Crippen LogP contribution in [-0.4, -0.2) is 54.9 Å². The minimum Gasteiger partial charge on any atom is -0.456 e. The number of phosphoric ester groups is 2. The number of benzene rings is 4. The summed E-state index contributed by atoms with van der Waals surface area (Å²) in [5.74, 6) is -1.40. The highest BCUT2D eigenvalue weighted by atomic mass is 31.3. The average molecular weight is 816 g/mol. The summed E-state index contributed by atoms with van der Waals surface area (Å²) in [4.78, 5) is 72.8. The molecule has 18 nitrogen and oxygen atoms in total. The minimum absolute atomic E-state index is 0.0689. The number of ether oxygens (including phenoxy) is 2. The Balaban J connectivity index is 1.10. The highest BCUT2D eigenvalue weighted by Crippen LogP contribution is 2.68. The van der Waals surface area contributed by atoms with Gasteiger partial charge in [0.25, 0.3) is 5.91 Å². The number of carbonyl (C=O) groups excluding carboxylic acids is 2. The summed E-state index contributed by atoms with van der Waals surface area (Å²) in [6.45, 7) is -1.47. The summed E-state index contributed by atoms with van der Waals surface area (Å²) in [5, 5.41) is 4.17. The quantitative estimate of drug-likeness (QED) is 0.0728. The van der Waals surface area contributed by atoms with Gasteiger partial charge in [0.05, 0.1) is 18.8 Å². The monoisotopic (exact) mass is 815 g/mol. The number of hydrogen-bond donors (Lipinski definition) is 4. The van der Waals surface area contributed by atoms with Crippen LogP contribution in [0.2, 0.25) is 0 Å². The molecule has 0 radical (unpaired) electrons. The van der Waals surface area contributed by atoms with Crippen LogP contribution in [0, 0.1) is 0 Å². The predicted octanol–water partition coefficient (Wildman–Crippen LogP) is 5.73. The molecule has 288 valence electrons. The maximum atomic E-state index is 13.0. The molecule has 6 atom stereocenters. The molecule has 1 fully saturated rings. The number of hydrogen-bond acceptors (Lipinski definition) is 13. The van der Waals surface area contributed by atoms with Crippen molar-refractivity contribution in [2.75, 3.05) is 11.9 Å². The van der Waals surface area contributed by atoms with Gasteiger partial charge >= 0.3 is 35.1 Å². The molecule has 0 spiro atoms. The summed E-state index contributed by atoms with van der Waals surface area (Å²) in [6, 6.07) is 29.5. The smallest absolute Gasteiger partial charge is 0.456 e. The Labute approximate surface area is 312 Å². The zero-order chi connectivity index (χ0) is 39.2. The standard InChI is InChI=1S/C34H32N3O15P3/c38-32(25-10-3-1-4-11-25)35-30-17-18-37(34(40)36-30)31-20-28(50-33(39)26-12-5-2-6-13-26)29(49-31)22-48-54(43,44)52-55(45,46)51-53(41,42)47-21-23-15-16-24-9-7-8-14-27(24)19-23/h1-19,28-29,31H,20-22H2,(H,41,42)(H,43,44)(H,45,46)(H,35,36,38,40). The van der Waals surface area contributed by atoms with Gasteiger partial charge in [-0.1, -0.05) is 72.8 Å². The Hall–Kier alpha value is -4.67. The van der Waals surface area contributed by atoms with E-state index in [0.29, 0.717) is 11.1 Å². The van der Waals surface area contributed by atoms with Crippen LogP contribution < -0.4 is 11.0 Å². The topological polar surface area (TPSA) is 248 Å². The van der Waals surface area contributed by atoms with Crippen LogP contribution in [0.1, 0.15) is 38.9 Å². The van der Waals surface area contributed by atoms with Crippen molar-refractivity contribution in [1.82, 2.24) is 9.55 Å². The first-order valence-electron chi connectivity index (χ1n) is 16.2. The Morgan fingerprint density at radius 3 is 2.07 bits per heavy atom. The number of aromatic nitrogens is 2. The van der Waals surface area contributed by atoms with E-state index in [2.05, 4.69) is 18.9 Å². The number of rotatable bonds is 15. The zero-order valence-corrected chi connectivity index (χ0v) is 31.0. The molecule has 0 bridgehead atoms. The van der Waals surface area contributed by atoms with Crippen LogP contribution in [0.4, 0.5) is 5.82 Å². The summed E-state index contributed by atoms with van der Waals surface area (Å²) in [7, 11) is -16.8. The molecule has 2 heterocycles. The Bertz CT molecular complexity index is 2380. The molecule has 5 aromatic rings. The van der Waals surface area contributed by atoms with Crippen molar-refractivity contribution < 1.29 is 65.1 Å². The van der Waals surface area contributed by atoms with E-state index in [4.69, 9.17) is 18.5 Å². The third-order valence-corrected chi connectivity index (χ3v) is 12.1. The third kappa shape index (κ3) is 11.0. The van der Waals surface area contributed by atoms with Gasteiger partial charge in [0.15, 0.2) is 0 Å². The van der Waals surface area contributed by atoms with Crippen molar-refractivity contribution in [3.05, 3.63) is 143 Å². The number of amides is 1. The molecule has 4 aromatic carbocycles. The van der Waals surface area contributed by atoms with E-state index in [9.17, 15) is 42.8 Å². The maximum absolute atomic E-state index is 13.0. The Kier molecular flexibility index (Phi) is 12.4. The van der Waals surface area contributed by atoms with Crippen molar-refractivity contribution in [1.29, 1.82) is 0 Å². The number of nitrogens with zero attached hydrogens (tertiary/aromatic N) is 2. The average Bonchev–Trinajstić information content (AvgIpc) is 3.54. The molecule has 1 amide bonds. The summed E-state index contributed by atoms with van der Waals surface area (Å²) in [6.07, 6.45) is -2.76. The second-order valence-electron chi connectivity index (χ2n) is 11.8. The van der Waals surface area contributed by atoms with Crippen molar-refractivity contribution in [2.24, 2.45) is 0 Å². The van der Waals surface area contributed by atoms with Crippen LogP contribution in [0.3, 0.4) is 0 Å². The molecule has 1 aromatic heterocycles. The highest BCUT2D eigenvalue weighted by molar-refractivity contribution is 7.66. The number of esters is 1. The van der Waals surface area contributed by atoms with E-state index in [1.807, 2.05) is 12.1 Å². The highest BCUT2D eigenvalue weighted by Gasteiger charge is 2.45. The van der Waals surface area contributed by atoms with Crippen LogP contribution in [0.25, 0.3) is 10.8 Å². The normalized spacial score (nSPS) is 20.2. The van der Waals surface area contributed by atoms with E-state index >= 15 is 0 Å². The van der Waals surface area contributed by atoms with E-state index in [1.165, 1.54) is 24.4 Å². The molecular weight excluding hydrogens is 783 g/mol. The van der Waals surface area contributed by atoms with E-state index in [0.717, 1.165) is 15.3 Å². The Morgan fingerprint density at radius 2 is 1.40 bits per heavy atom. The van der Waals surface area contributed by atoms with Crippen molar-refractivity contribution >= 4 is 51.9 Å². The van der Waals surface area contributed by atoms with Gasteiger partial charge < -0.3 is 29.5 Å². The largest absolute Gasteiger partial charge is 0.490 e. The first-order valence-corrected chi connectivity index (χ1v) is 20.7. The second kappa shape index (κ2) is 17.0. The van der Waals surface area contributed by atoms with Gasteiger partial charge in [0, 0.05) is 18.2 Å². The van der Waals surface area contributed by atoms with E-state index in [1.54, 1.807) is 78.9 Å². The number of anilines is 1. The lowest BCUT2D eigenvalue weighted by atomic mass is 10.1. The van der Waals surface area contributed by atoms with Gasteiger partial charge in [0.2, 0.25) is 0 Å². The van der Waals surface area contributed by atoms with E-state index < -0.39 is 72.7 Å². The molecular formula is C34H32N3O15P3. The van der Waals surface area contributed by atoms with Gasteiger partial charge in [-0.3, -0.25) is 18.4 Å². The first-order chi connectivity index (χ1) is 26.2. The predicted molar refractivity (Wildman–Crippen MR) is 193 cm³/mol. The summed E-state index contributed by atoms with van der Waals surface area (Å²) >= 11 is 0. The molecule has 21 heteroatoms. The van der Waals surface area contributed by atoms with Gasteiger partial charge in [-0.15, -0.1) is 0 Å². The lowest BCUT2D eigenvalue weighted by Gasteiger charge is -2.21. The van der Waals surface area contributed by atoms with Crippen LogP contribution in [0.15, 0.2) is 120 Å². The number of carbonyl (C=O) groups is 2. The van der Waals surface area contributed by atoms with Crippen molar-refractivity contribution in [3.8, 4) is 0 Å². The molecule has 4 N–H and O–H groups in total. The fraction of sp³-hybridized carbons (Fsp3) is 0.176. The summed E-state index contributed by atoms with van der Waals surface area (Å²) in [5.41, 5.74) is -0.00350. The molecule has 1 saturated heterocycles. The molecule has 6 rings (SSSR count). The second-order valence-corrected chi connectivity index (χ2v) is 16.5. The molecule has 0 aliphatic carbocycles. The van der Waals surface area contributed by atoms with Crippen LogP contribution in [-0.2, 0) is 47.4 Å². The van der Waals surface area contributed by atoms with E-state index in [-0.39, 0.29) is 17.8 Å². The van der Waals surface area contributed by atoms with Crippen LogP contribution >= 0.6 is 23.5 Å².